The predicted molar refractivity (Wildman–Crippen MR) is 117 cm³/mol. The Balaban J connectivity index is 1.44. The molecule has 0 spiro atoms. The number of carbonyl (C=O) groups excluding carboxylic acids is 2. The van der Waals surface area contributed by atoms with Crippen molar-refractivity contribution in [2.24, 2.45) is 7.05 Å². The van der Waals surface area contributed by atoms with Gasteiger partial charge in [0.25, 0.3) is 0 Å². The number of aromatic nitrogens is 2. The van der Waals surface area contributed by atoms with E-state index in [1.54, 1.807) is 11.6 Å². The van der Waals surface area contributed by atoms with Crippen LogP contribution >= 0.6 is 0 Å². The third-order valence-electron chi connectivity index (χ3n) is 6.41. The Kier molecular flexibility index (Phi) is 6.43. The summed E-state index contributed by atoms with van der Waals surface area (Å²) in [5.41, 5.74) is 2.29. The number of benzene rings is 1. The van der Waals surface area contributed by atoms with Crippen molar-refractivity contribution in [3.05, 3.63) is 34.2 Å². The number of nitrogens with zero attached hydrogens (tertiary/aromatic N) is 4. The molecule has 1 atom stereocenters. The highest BCUT2D eigenvalue weighted by atomic mass is 16.4. The number of hydrogen-bond donors (Lipinski definition) is 2. The highest BCUT2D eigenvalue weighted by Gasteiger charge is 2.31. The number of aryl methyl sites for hydroxylation is 1. The lowest BCUT2D eigenvalue weighted by Gasteiger charge is -2.34. The maximum Gasteiger partial charge on any atom is 0.329 e. The lowest BCUT2D eigenvalue weighted by molar-refractivity contribution is -0.137. The Bertz CT molecular complexity index is 1100. The molecule has 1 unspecified atom stereocenters. The van der Waals surface area contributed by atoms with Gasteiger partial charge in [0.05, 0.1) is 11.0 Å². The Morgan fingerprint density at radius 1 is 1.09 bits per heavy atom. The average molecular weight is 444 g/mol. The first kappa shape index (κ1) is 22.2. The Morgan fingerprint density at radius 2 is 1.81 bits per heavy atom. The molecule has 10 heteroatoms. The number of imide groups is 1. The van der Waals surface area contributed by atoms with Gasteiger partial charge in [-0.05, 0) is 37.1 Å². The minimum atomic E-state index is -0.750. The third-order valence-corrected chi connectivity index (χ3v) is 6.41. The Hall–Kier alpha value is -2.98. The topological polar surface area (TPSA) is 117 Å². The minimum absolute atomic E-state index is 0.206. The van der Waals surface area contributed by atoms with Gasteiger partial charge < -0.3 is 10.0 Å². The first-order valence-electron chi connectivity index (χ1n) is 11.0. The van der Waals surface area contributed by atoms with E-state index in [-0.39, 0.29) is 24.4 Å². The molecule has 2 aliphatic rings. The minimum Gasteiger partial charge on any atom is -0.481 e. The summed E-state index contributed by atoms with van der Waals surface area (Å²) in [4.78, 5) is 52.0. The van der Waals surface area contributed by atoms with Crippen LogP contribution in [0.2, 0.25) is 0 Å². The van der Waals surface area contributed by atoms with Crippen molar-refractivity contribution in [3.8, 4) is 0 Å². The Morgan fingerprint density at radius 3 is 2.50 bits per heavy atom. The third kappa shape index (κ3) is 4.61. The molecule has 0 bridgehead atoms. The van der Waals surface area contributed by atoms with Crippen LogP contribution < -0.4 is 11.0 Å². The van der Waals surface area contributed by atoms with E-state index in [1.807, 2.05) is 18.2 Å². The van der Waals surface area contributed by atoms with E-state index < -0.39 is 17.9 Å². The summed E-state index contributed by atoms with van der Waals surface area (Å²) >= 11 is 0. The van der Waals surface area contributed by atoms with Gasteiger partial charge in [0, 0.05) is 52.6 Å². The molecule has 10 nitrogen and oxygen atoms in total. The summed E-state index contributed by atoms with van der Waals surface area (Å²) < 4.78 is 3.06. The number of rotatable bonds is 7. The highest BCUT2D eigenvalue weighted by molar-refractivity contribution is 6.00. The molecule has 172 valence electrons. The fourth-order valence-corrected chi connectivity index (χ4v) is 4.62. The van der Waals surface area contributed by atoms with Crippen LogP contribution in [0.3, 0.4) is 0 Å². The number of nitrogens with one attached hydrogen (secondary N) is 1. The largest absolute Gasteiger partial charge is 0.481 e. The van der Waals surface area contributed by atoms with E-state index >= 15 is 0 Å². The highest BCUT2D eigenvalue weighted by Crippen LogP contribution is 2.24. The smallest absolute Gasteiger partial charge is 0.329 e. The second kappa shape index (κ2) is 9.25. The molecule has 2 amide bonds. The molecule has 2 saturated heterocycles. The molecular formula is C22H29N5O5. The molecule has 4 rings (SSSR count). The van der Waals surface area contributed by atoms with Crippen molar-refractivity contribution in [1.82, 2.24) is 24.3 Å². The van der Waals surface area contributed by atoms with Gasteiger partial charge in [-0.2, -0.15) is 0 Å². The van der Waals surface area contributed by atoms with Crippen LogP contribution in [-0.4, -0.2) is 74.5 Å². The molecule has 32 heavy (non-hydrogen) atoms. The van der Waals surface area contributed by atoms with Crippen molar-refractivity contribution in [2.75, 3.05) is 32.7 Å². The summed E-state index contributed by atoms with van der Waals surface area (Å²) in [6.45, 7) is 5.19. The normalized spacial score (nSPS) is 20.6. The number of carbonyl (C=O) groups is 3. The molecule has 0 saturated carbocycles. The van der Waals surface area contributed by atoms with Gasteiger partial charge in [0.1, 0.15) is 6.04 Å². The summed E-state index contributed by atoms with van der Waals surface area (Å²) in [5.74, 6) is -1.48. The number of piperidine rings is 1. The van der Waals surface area contributed by atoms with Crippen molar-refractivity contribution in [3.63, 3.8) is 0 Å². The van der Waals surface area contributed by atoms with Gasteiger partial charge in [-0.25, -0.2) is 4.79 Å². The first-order valence-corrected chi connectivity index (χ1v) is 11.0. The molecule has 0 radical (unpaired) electrons. The number of hydrogen-bond acceptors (Lipinski definition) is 6. The van der Waals surface area contributed by atoms with E-state index in [4.69, 9.17) is 5.11 Å². The molecule has 1 aromatic carbocycles. The summed E-state index contributed by atoms with van der Waals surface area (Å²) in [7, 11) is 1.70. The summed E-state index contributed by atoms with van der Waals surface area (Å²) in [5, 5.41) is 11.1. The van der Waals surface area contributed by atoms with Crippen molar-refractivity contribution < 1.29 is 19.5 Å². The number of carboxylic acids is 1. The maximum atomic E-state index is 12.9. The zero-order valence-electron chi connectivity index (χ0n) is 18.2. The SMILES string of the molecule is Cn1c(=O)n(C2CCC(=O)NC2=O)c2ccc(CN3CCN(CCCC(=O)O)CC3)cc21. The second-order valence-electron chi connectivity index (χ2n) is 8.62. The number of imidazole rings is 1. The molecule has 2 N–H and O–H groups in total. The molecule has 2 fully saturated rings. The van der Waals surface area contributed by atoms with Crippen molar-refractivity contribution in [1.29, 1.82) is 0 Å². The van der Waals surface area contributed by atoms with Gasteiger partial charge >= 0.3 is 11.7 Å². The van der Waals surface area contributed by atoms with Crippen molar-refractivity contribution in [2.45, 2.75) is 38.3 Å². The Labute approximate surface area is 185 Å². The van der Waals surface area contributed by atoms with Gasteiger partial charge in [-0.3, -0.25) is 33.7 Å². The lowest BCUT2D eigenvalue weighted by atomic mass is 10.1. The molecule has 3 heterocycles. The van der Waals surface area contributed by atoms with E-state index in [0.717, 1.165) is 50.3 Å². The van der Waals surface area contributed by atoms with Crippen LogP contribution in [0.15, 0.2) is 23.0 Å². The van der Waals surface area contributed by atoms with Crippen LogP contribution in [0.5, 0.6) is 0 Å². The number of carboxylic acid groups (broad SMARTS) is 1. The second-order valence-corrected chi connectivity index (χ2v) is 8.62. The van der Waals surface area contributed by atoms with Gasteiger partial charge in [0.15, 0.2) is 0 Å². The van der Waals surface area contributed by atoms with Crippen LogP contribution in [0.4, 0.5) is 0 Å². The number of piperazine rings is 1. The standard InChI is InChI=1S/C22H29N5O5/c1-24-18-13-15(14-26-11-9-25(10-12-26)8-2-3-20(29)30)4-5-16(18)27(22(24)32)17-6-7-19(28)23-21(17)31/h4-5,13,17H,2-3,6-12,14H2,1H3,(H,29,30)(H,23,28,31). The van der Waals surface area contributed by atoms with E-state index in [2.05, 4.69) is 15.1 Å². The van der Waals surface area contributed by atoms with Gasteiger partial charge in [-0.15, -0.1) is 0 Å². The van der Waals surface area contributed by atoms with E-state index in [9.17, 15) is 19.2 Å². The zero-order chi connectivity index (χ0) is 22.8. The molecule has 2 aliphatic heterocycles. The molecule has 2 aromatic rings. The monoisotopic (exact) mass is 443 g/mol. The number of aliphatic carboxylic acids is 1. The predicted octanol–water partition coefficient (Wildman–Crippen LogP) is 0.300. The van der Waals surface area contributed by atoms with Gasteiger partial charge in [-0.1, -0.05) is 6.07 Å². The quantitative estimate of drug-likeness (QED) is 0.591. The number of fused-ring (bicyclic) bond motifs is 1. The molecular weight excluding hydrogens is 414 g/mol. The van der Waals surface area contributed by atoms with Crippen LogP contribution in [0.25, 0.3) is 11.0 Å². The van der Waals surface area contributed by atoms with Gasteiger partial charge in [0.2, 0.25) is 11.8 Å². The summed E-state index contributed by atoms with van der Waals surface area (Å²) in [6, 6.07) is 5.20. The summed E-state index contributed by atoms with van der Waals surface area (Å²) in [6.07, 6.45) is 1.42. The average Bonchev–Trinajstić information content (AvgIpc) is 2.99. The van der Waals surface area contributed by atoms with E-state index in [1.165, 1.54) is 4.57 Å². The lowest BCUT2D eigenvalue weighted by Crippen LogP contribution is -2.46. The zero-order valence-corrected chi connectivity index (χ0v) is 18.2. The molecule has 1 aromatic heterocycles. The fraction of sp³-hybridized carbons (Fsp3) is 0.545. The molecule has 0 aliphatic carbocycles. The van der Waals surface area contributed by atoms with Crippen LogP contribution in [-0.2, 0) is 28.0 Å². The van der Waals surface area contributed by atoms with Crippen LogP contribution in [0.1, 0.15) is 37.3 Å². The first-order chi connectivity index (χ1) is 15.3. The van der Waals surface area contributed by atoms with Crippen molar-refractivity contribution >= 4 is 28.8 Å². The van der Waals surface area contributed by atoms with Crippen LogP contribution in [0, 0.1) is 0 Å². The maximum absolute atomic E-state index is 12.9. The van der Waals surface area contributed by atoms with E-state index in [0.29, 0.717) is 18.4 Å². The fourth-order valence-electron chi connectivity index (χ4n) is 4.62. The number of amides is 2.